The van der Waals surface area contributed by atoms with Crippen molar-refractivity contribution >= 4 is 23.7 Å². The second kappa shape index (κ2) is 7.82. The summed E-state index contributed by atoms with van der Waals surface area (Å²) in [6.07, 6.45) is 0.739. The smallest absolute Gasteiger partial charge is 0.321 e. The number of imide groups is 1. The second-order valence-electron chi connectivity index (χ2n) is 5.10. The quantitative estimate of drug-likeness (QED) is 0.733. The van der Waals surface area contributed by atoms with Gasteiger partial charge in [-0.15, -0.1) is 0 Å². The zero-order chi connectivity index (χ0) is 16.8. The lowest BCUT2D eigenvalue weighted by molar-refractivity contribution is -0.119. The van der Waals surface area contributed by atoms with E-state index < -0.39 is 11.3 Å². The average Bonchev–Trinajstić information content (AvgIpc) is 2.87. The van der Waals surface area contributed by atoms with Gasteiger partial charge in [0.05, 0.1) is 10.9 Å². The molecule has 0 fully saturated rings. The maximum Gasteiger partial charge on any atom is 0.321 e. The molecular weight excluding hydrogens is 312 g/mol. The highest BCUT2D eigenvalue weighted by Gasteiger charge is 2.19. The Labute approximate surface area is 139 Å². The third-order valence-corrected chi connectivity index (χ3v) is 4.28. The van der Waals surface area contributed by atoms with E-state index in [1.165, 1.54) is 24.4 Å². The number of aromatic nitrogens is 2. The summed E-state index contributed by atoms with van der Waals surface area (Å²) in [5.74, 6) is -0.354. The molecule has 0 saturated heterocycles. The molecule has 0 aliphatic carbocycles. The molecule has 122 valence electrons. The van der Waals surface area contributed by atoms with Crippen LogP contribution in [-0.2, 0) is 11.2 Å². The second-order valence-corrected chi connectivity index (χ2v) is 6.43. The molecule has 1 aromatic heterocycles. The van der Waals surface area contributed by atoms with Crippen LogP contribution in [0.25, 0.3) is 0 Å². The van der Waals surface area contributed by atoms with Crippen LogP contribution in [0.5, 0.6) is 0 Å². The Morgan fingerprint density at radius 1 is 1.30 bits per heavy atom. The molecule has 0 spiro atoms. The fourth-order valence-corrected chi connectivity index (χ4v) is 2.86. The van der Waals surface area contributed by atoms with Gasteiger partial charge in [-0.1, -0.05) is 42.1 Å². The summed E-state index contributed by atoms with van der Waals surface area (Å²) in [7, 11) is 1.46. The van der Waals surface area contributed by atoms with Gasteiger partial charge in [0.2, 0.25) is 5.91 Å². The number of aromatic amines is 1. The summed E-state index contributed by atoms with van der Waals surface area (Å²) < 4.78 is 0. The molecule has 23 heavy (non-hydrogen) atoms. The van der Waals surface area contributed by atoms with Crippen LogP contribution in [0.2, 0.25) is 0 Å². The summed E-state index contributed by atoms with van der Waals surface area (Å²) in [6, 6.07) is 9.58. The first-order valence-corrected chi connectivity index (χ1v) is 8.16. The molecule has 1 heterocycles. The van der Waals surface area contributed by atoms with E-state index in [1.807, 2.05) is 25.1 Å². The molecule has 1 atom stereocenters. The Morgan fingerprint density at radius 3 is 2.65 bits per heavy atom. The van der Waals surface area contributed by atoms with Crippen LogP contribution in [0, 0.1) is 6.92 Å². The van der Waals surface area contributed by atoms with Gasteiger partial charge in [-0.25, -0.2) is 9.78 Å². The lowest BCUT2D eigenvalue weighted by atomic mass is 10.1. The first-order chi connectivity index (χ1) is 11.0. The van der Waals surface area contributed by atoms with E-state index in [2.05, 4.69) is 32.7 Å². The molecule has 2 rings (SSSR count). The van der Waals surface area contributed by atoms with E-state index in [-0.39, 0.29) is 5.91 Å². The number of H-pyrrole nitrogens is 1. The summed E-state index contributed by atoms with van der Waals surface area (Å²) in [4.78, 5) is 30.8. The van der Waals surface area contributed by atoms with Crippen molar-refractivity contribution in [1.82, 2.24) is 20.6 Å². The van der Waals surface area contributed by atoms with Crippen LogP contribution in [0.3, 0.4) is 0 Å². The number of nitrogens with one attached hydrogen (secondary N) is 3. The third-order valence-electron chi connectivity index (χ3n) is 3.30. The Morgan fingerprint density at radius 2 is 2.00 bits per heavy atom. The molecule has 2 aromatic rings. The fourth-order valence-electron chi connectivity index (χ4n) is 1.98. The van der Waals surface area contributed by atoms with Gasteiger partial charge in [-0.3, -0.25) is 10.1 Å². The van der Waals surface area contributed by atoms with E-state index in [1.54, 1.807) is 6.92 Å². The van der Waals surface area contributed by atoms with Crippen LogP contribution in [0.4, 0.5) is 4.79 Å². The van der Waals surface area contributed by atoms with Gasteiger partial charge in [0.1, 0.15) is 0 Å². The lowest BCUT2D eigenvalue weighted by Gasteiger charge is -2.08. The van der Waals surface area contributed by atoms with Crippen molar-refractivity contribution in [2.75, 3.05) is 7.05 Å². The number of carbonyl (C=O) groups is 2. The normalized spacial score (nSPS) is 11.8. The van der Waals surface area contributed by atoms with Gasteiger partial charge in [-0.05, 0) is 19.4 Å². The largest absolute Gasteiger partial charge is 0.341 e. The number of hydrogen-bond acceptors (Lipinski definition) is 4. The van der Waals surface area contributed by atoms with E-state index >= 15 is 0 Å². The number of nitrogens with zero attached hydrogens (tertiary/aromatic N) is 1. The highest BCUT2D eigenvalue weighted by atomic mass is 32.2. The minimum Gasteiger partial charge on any atom is -0.341 e. The number of rotatable bonds is 5. The Kier molecular flexibility index (Phi) is 5.81. The van der Waals surface area contributed by atoms with Crippen LogP contribution < -0.4 is 10.6 Å². The van der Waals surface area contributed by atoms with Crippen molar-refractivity contribution in [2.24, 2.45) is 0 Å². The van der Waals surface area contributed by atoms with Crippen molar-refractivity contribution in [3.8, 4) is 0 Å². The molecule has 3 amide bonds. The van der Waals surface area contributed by atoms with Crippen molar-refractivity contribution in [2.45, 2.75) is 30.7 Å². The molecule has 0 aliphatic rings. The monoisotopic (exact) mass is 332 g/mol. The first-order valence-electron chi connectivity index (χ1n) is 7.28. The number of aryl methyl sites for hydroxylation is 1. The summed E-state index contributed by atoms with van der Waals surface area (Å²) in [6.45, 7) is 3.70. The minimum atomic E-state index is -0.511. The standard InChI is InChI=1S/C16H20N4O2S/c1-10-13(9-12-7-5-4-6-8-12)19-16(18-10)23-11(2)14(21)20-15(22)17-3/h4-8,11H,9H2,1-3H3,(H,18,19)(H2,17,20,21,22)/t11-/m0/s1. The molecule has 7 heteroatoms. The van der Waals surface area contributed by atoms with Gasteiger partial charge in [0, 0.05) is 19.2 Å². The van der Waals surface area contributed by atoms with Crippen LogP contribution in [0.1, 0.15) is 23.9 Å². The highest BCUT2D eigenvalue weighted by molar-refractivity contribution is 8.00. The number of benzene rings is 1. The zero-order valence-electron chi connectivity index (χ0n) is 13.3. The molecule has 3 N–H and O–H groups in total. The van der Waals surface area contributed by atoms with Crippen molar-refractivity contribution < 1.29 is 9.59 Å². The first kappa shape index (κ1) is 17.1. The number of thioether (sulfide) groups is 1. The van der Waals surface area contributed by atoms with Crippen LogP contribution in [-0.4, -0.2) is 34.2 Å². The molecule has 0 saturated carbocycles. The van der Waals surface area contributed by atoms with Gasteiger partial charge >= 0.3 is 6.03 Å². The third kappa shape index (κ3) is 4.85. The lowest BCUT2D eigenvalue weighted by Crippen LogP contribution is -2.41. The fraction of sp³-hybridized carbons (Fsp3) is 0.312. The van der Waals surface area contributed by atoms with E-state index in [0.29, 0.717) is 5.16 Å². The number of carbonyl (C=O) groups excluding carboxylic acids is 2. The van der Waals surface area contributed by atoms with Crippen LogP contribution >= 0.6 is 11.8 Å². The highest BCUT2D eigenvalue weighted by Crippen LogP contribution is 2.23. The van der Waals surface area contributed by atoms with Crippen molar-refractivity contribution in [1.29, 1.82) is 0 Å². The van der Waals surface area contributed by atoms with Gasteiger partial charge < -0.3 is 10.3 Å². The number of amides is 3. The van der Waals surface area contributed by atoms with Crippen molar-refractivity contribution in [3.05, 3.63) is 47.3 Å². The van der Waals surface area contributed by atoms with Crippen molar-refractivity contribution in [3.63, 3.8) is 0 Å². The summed E-state index contributed by atoms with van der Waals surface area (Å²) in [5, 5.41) is 4.86. The number of imidazole rings is 1. The molecule has 0 aliphatic heterocycles. The Bertz CT molecular complexity index is 685. The van der Waals surface area contributed by atoms with E-state index in [0.717, 1.165) is 17.8 Å². The molecular formula is C16H20N4O2S. The predicted octanol–water partition coefficient (Wildman–Crippen LogP) is 2.25. The number of urea groups is 1. The van der Waals surface area contributed by atoms with E-state index in [9.17, 15) is 9.59 Å². The number of hydrogen-bond donors (Lipinski definition) is 3. The minimum absolute atomic E-state index is 0.354. The van der Waals surface area contributed by atoms with Crippen LogP contribution in [0.15, 0.2) is 35.5 Å². The zero-order valence-corrected chi connectivity index (χ0v) is 14.2. The van der Waals surface area contributed by atoms with Gasteiger partial charge in [0.15, 0.2) is 5.16 Å². The van der Waals surface area contributed by atoms with Gasteiger partial charge in [-0.2, -0.15) is 0 Å². The van der Waals surface area contributed by atoms with Gasteiger partial charge in [0.25, 0.3) is 0 Å². The topological polar surface area (TPSA) is 86.9 Å². The molecule has 0 bridgehead atoms. The molecule has 1 aromatic carbocycles. The molecule has 0 unspecified atom stereocenters. The molecule has 6 nitrogen and oxygen atoms in total. The van der Waals surface area contributed by atoms with E-state index in [4.69, 9.17) is 0 Å². The Hall–Kier alpha value is -2.28. The SMILES string of the molecule is CNC(=O)NC(=O)[C@H](C)Sc1nc(Cc2ccccc2)c(C)[nH]1. The summed E-state index contributed by atoms with van der Waals surface area (Å²) >= 11 is 1.29. The molecule has 0 radical (unpaired) electrons. The average molecular weight is 332 g/mol. The maximum absolute atomic E-state index is 11.9. The Balaban J connectivity index is 2.00. The predicted molar refractivity (Wildman–Crippen MR) is 90.5 cm³/mol. The maximum atomic E-state index is 11.9. The summed E-state index contributed by atoms with van der Waals surface area (Å²) in [5.41, 5.74) is 3.12.